The number of H-pyrrole nitrogens is 1. The monoisotopic (exact) mass is 466 g/mol. The van der Waals surface area contributed by atoms with E-state index in [0.29, 0.717) is 34.1 Å². The van der Waals surface area contributed by atoms with Gasteiger partial charge in [-0.05, 0) is 55.5 Å². The van der Waals surface area contributed by atoms with Gasteiger partial charge < -0.3 is 20.5 Å². The van der Waals surface area contributed by atoms with Crippen LogP contribution in [-0.2, 0) is 0 Å². The molecule has 1 aliphatic carbocycles. The molecule has 9 heteroatoms. The molecule has 3 aromatic rings. The highest BCUT2D eigenvalue weighted by molar-refractivity contribution is 6.31. The topological polar surface area (TPSA) is 85.4 Å². The number of aromatic hydroxyl groups is 1. The Kier molecular flexibility index (Phi) is 5.41. The lowest BCUT2D eigenvalue weighted by Gasteiger charge is -2.46. The number of alkyl halides is 3. The predicted molar refractivity (Wildman–Crippen MR) is 117 cm³/mol. The van der Waals surface area contributed by atoms with Gasteiger partial charge in [0.2, 0.25) is 5.56 Å². The molecular weight excluding hydrogens is 445 g/mol. The Hall–Kier alpha value is -2.71. The van der Waals surface area contributed by atoms with Gasteiger partial charge in [0.15, 0.2) is 5.60 Å². The number of pyridine rings is 1. The van der Waals surface area contributed by atoms with Gasteiger partial charge in [-0.15, -0.1) is 0 Å². The summed E-state index contributed by atoms with van der Waals surface area (Å²) in [5.74, 6) is -0.868. The van der Waals surface area contributed by atoms with E-state index in [1.165, 1.54) is 18.2 Å². The van der Waals surface area contributed by atoms with Gasteiger partial charge in [-0.25, -0.2) is 0 Å². The van der Waals surface area contributed by atoms with Crippen LogP contribution < -0.4 is 10.9 Å². The van der Waals surface area contributed by atoms with Crippen molar-refractivity contribution in [3.63, 3.8) is 0 Å². The lowest BCUT2D eigenvalue weighted by Crippen LogP contribution is -2.55. The van der Waals surface area contributed by atoms with E-state index in [4.69, 9.17) is 11.6 Å². The molecular formula is C23H22ClF3N2O3. The molecule has 0 aliphatic heterocycles. The van der Waals surface area contributed by atoms with E-state index >= 15 is 0 Å². The largest absolute Gasteiger partial charge is 0.507 e. The molecule has 0 unspecified atom stereocenters. The Morgan fingerprint density at radius 1 is 1.28 bits per heavy atom. The van der Waals surface area contributed by atoms with E-state index in [2.05, 4.69) is 10.3 Å². The number of rotatable bonds is 3. The fourth-order valence-corrected chi connectivity index (χ4v) is 4.80. The third-order valence-corrected chi connectivity index (χ3v) is 6.76. The molecule has 32 heavy (non-hydrogen) atoms. The predicted octanol–water partition coefficient (Wildman–Crippen LogP) is 5.54. The minimum absolute atomic E-state index is 0.0949. The van der Waals surface area contributed by atoms with Gasteiger partial charge in [-0.3, -0.25) is 4.79 Å². The second-order valence-corrected chi connectivity index (χ2v) is 8.64. The number of benzene rings is 2. The van der Waals surface area contributed by atoms with Crippen molar-refractivity contribution in [2.24, 2.45) is 0 Å². The minimum atomic E-state index is -4.96. The van der Waals surface area contributed by atoms with Crippen LogP contribution >= 0.6 is 11.6 Å². The number of phenols is 1. The van der Waals surface area contributed by atoms with Gasteiger partial charge in [0.1, 0.15) is 5.75 Å². The molecule has 170 valence electrons. The maximum atomic E-state index is 14.3. The van der Waals surface area contributed by atoms with Crippen LogP contribution in [0.3, 0.4) is 0 Å². The summed E-state index contributed by atoms with van der Waals surface area (Å²) in [6.45, 7) is 3.31. The number of halogens is 4. The van der Waals surface area contributed by atoms with E-state index in [1.54, 1.807) is 32.0 Å². The van der Waals surface area contributed by atoms with Crippen molar-refractivity contribution >= 4 is 28.2 Å². The van der Waals surface area contributed by atoms with Crippen LogP contribution in [0.2, 0.25) is 5.02 Å². The summed E-state index contributed by atoms with van der Waals surface area (Å²) < 4.78 is 42.9. The molecule has 1 heterocycles. The Morgan fingerprint density at radius 2 is 2.00 bits per heavy atom. The van der Waals surface area contributed by atoms with Gasteiger partial charge in [0.05, 0.1) is 11.6 Å². The molecule has 0 amide bonds. The summed E-state index contributed by atoms with van der Waals surface area (Å²) in [6, 6.07) is 7.31. The van der Waals surface area contributed by atoms with Crippen molar-refractivity contribution in [2.75, 3.05) is 5.32 Å². The summed E-state index contributed by atoms with van der Waals surface area (Å²) in [7, 11) is 0. The van der Waals surface area contributed by atoms with Gasteiger partial charge in [0.25, 0.3) is 0 Å². The molecule has 1 aliphatic rings. The van der Waals surface area contributed by atoms with Crippen molar-refractivity contribution in [1.29, 1.82) is 0 Å². The first-order valence-corrected chi connectivity index (χ1v) is 10.5. The first-order valence-electron chi connectivity index (χ1n) is 10.2. The number of phenolic OH excluding ortho intramolecular Hbond substituents is 1. The quantitative estimate of drug-likeness (QED) is 0.408. The minimum Gasteiger partial charge on any atom is -0.507 e. The van der Waals surface area contributed by atoms with Crippen molar-refractivity contribution in [1.82, 2.24) is 4.98 Å². The zero-order chi connectivity index (χ0) is 23.4. The molecule has 0 saturated heterocycles. The fraction of sp³-hybridized carbons (Fsp3) is 0.348. The van der Waals surface area contributed by atoms with Crippen molar-refractivity contribution in [3.05, 3.63) is 68.5 Å². The van der Waals surface area contributed by atoms with Crippen LogP contribution in [0.1, 0.15) is 48.4 Å². The van der Waals surface area contributed by atoms with Gasteiger partial charge >= 0.3 is 6.18 Å². The zero-order valence-electron chi connectivity index (χ0n) is 17.3. The molecule has 0 saturated carbocycles. The van der Waals surface area contributed by atoms with Gasteiger partial charge in [-0.1, -0.05) is 24.6 Å². The summed E-state index contributed by atoms with van der Waals surface area (Å²) in [6.07, 6.45) is -5.28. The number of hydrogen-bond donors (Lipinski definition) is 4. The third-order valence-electron chi connectivity index (χ3n) is 6.37. The molecule has 1 aromatic heterocycles. The first-order chi connectivity index (χ1) is 15.0. The number of aromatic amines is 1. The number of aromatic nitrogens is 1. The third kappa shape index (κ3) is 3.42. The molecule has 4 N–H and O–H groups in total. The highest BCUT2D eigenvalue weighted by Crippen LogP contribution is 2.56. The number of aliphatic hydroxyl groups is 1. The number of fused-ring (bicyclic) bond motifs is 2. The summed E-state index contributed by atoms with van der Waals surface area (Å²) in [5, 5.41) is 25.3. The zero-order valence-corrected chi connectivity index (χ0v) is 18.1. The standard InChI is InChI=1S/C23H22ClF3N2O3/c1-3-12-10-22(32,23(25,26)27)21(14-9-15(24)11(2)20(31)19(12)14)29-17-6-4-5-16-13(17)7-8-18(30)28-16/h4-9,12,21,29,31-32H,3,10H2,1-2H3,(H,28,30)/t12-,21+,22+/m1/s1. The lowest BCUT2D eigenvalue weighted by atomic mass is 9.68. The van der Waals surface area contributed by atoms with E-state index < -0.39 is 30.2 Å². The molecule has 0 bridgehead atoms. The number of nitrogens with one attached hydrogen (secondary N) is 2. The van der Waals surface area contributed by atoms with E-state index in [0.717, 1.165) is 0 Å². The highest BCUT2D eigenvalue weighted by atomic mass is 35.5. The van der Waals surface area contributed by atoms with E-state index in [-0.39, 0.29) is 21.9 Å². The summed E-state index contributed by atoms with van der Waals surface area (Å²) in [4.78, 5) is 14.3. The van der Waals surface area contributed by atoms with Crippen LogP contribution in [-0.4, -0.2) is 27.0 Å². The smallest absolute Gasteiger partial charge is 0.419 e. The maximum Gasteiger partial charge on any atom is 0.419 e. The molecule has 0 radical (unpaired) electrons. The second-order valence-electron chi connectivity index (χ2n) is 8.23. The maximum absolute atomic E-state index is 14.3. The van der Waals surface area contributed by atoms with Crippen LogP contribution in [0.15, 0.2) is 41.2 Å². The highest BCUT2D eigenvalue weighted by Gasteiger charge is 2.62. The van der Waals surface area contributed by atoms with E-state index in [9.17, 15) is 28.2 Å². The Labute approximate surface area is 186 Å². The summed E-state index contributed by atoms with van der Waals surface area (Å²) >= 11 is 6.24. The molecule has 5 nitrogen and oxygen atoms in total. The number of hydrogen-bond acceptors (Lipinski definition) is 4. The van der Waals surface area contributed by atoms with Crippen molar-refractivity contribution < 1.29 is 23.4 Å². The van der Waals surface area contributed by atoms with E-state index in [1.807, 2.05) is 0 Å². The normalized spacial score (nSPS) is 23.2. The SMILES string of the molecule is CC[C@@H]1C[C@@](O)(C(F)(F)F)[C@@H](Nc2cccc3[nH]c(=O)ccc23)c2cc(Cl)c(C)c(O)c21. The average molecular weight is 467 g/mol. The Morgan fingerprint density at radius 3 is 2.66 bits per heavy atom. The van der Waals surface area contributed by atoms with Gasteiger partial charge in [0, 0.05) is 33.3 Å². The number of anilines is 1. The van der Waals surface area contributed by atoms with Crippen LogP contribution in [0.5, 0.6) is 5.75 Å². The Bertz CT molecular complexity index is 1260. The van der Waals surface area contributed by atoms with Crippen molar-refractivity contribution in [2.45, 2.75) is 50.4 Å². The van der Waals surface area contributed by atoms with Crippen molar-refractivity contribution in [3.8, 4) is 5.75 Å². The Balaban J connectivity index is 1.97. The van der Waals surface area contributed by atoms with Gasteiger partial charge in [-0.2, -0.15) is 13.2 Å². The fourth-order valence-electron chi connectivity index (χ4n) is 4.59. The second kappa shape index (κ2) is 7.71. The first kappa shape index (κ1) is 22.5. The average Bonchev–Trinajstić information content (AvgIpc) is 2.72. The van der Waals surface area contributed by atoms with Crippen LogP contribution in [0, 0.1) is 6.92 Å². The molecule has 2 aromatic carbocycles. The lowest BCUT2D eigenvalue weighted by molar-refractivity contribution is -0.272. The van der Waals surface area contributed by atoms with Crippen LogP contribution in [0.4, 0.5) is 18.9 Å². The molecule has 0 spiro atoms. The molecule has 3 atom stereocenters. The molecule has 0 fully saturated rings. The molecule has 4 rings (SSSR count). The van der Waals surface area contributed by atoms with Crippen LogP contribution in [0.25, 0.3) is 10.9 Å². The summed E-state index contributed by atoms with van der Waals surface area (Å²) in [5.41, 5.74) is -1.90.